The largest absolute Gasteiger partial charge is 0.459 e. The van der Waals surface area contributed by atoms with Crippen LogP contribution in [0.25, 0.3) is 0 Å². The molecule has 130 valence electrons. The van der Waals surface area contributed by atoms with E-state index in [-0.39, 0.29) is 17.4 Å². The van der Waals surface area contributed by atoms with Crippen LogP contribution in [-0.2, 0) is 9.53 Å². The Morgan fingerprint density at radius 1 is 1.17 bits per heavy atom. The summed E-state index contributed by atoms with van der Waals surface area (Å²) in [6, 6.07) is 9.78. The Morgan fingerprint density at radius 3 is 2.42 bits per heavy atom. The Labute approximate surface area is 146 Å². The van der Waals surface area contributed by atoms with Crippen molar-refractivity contribution in [3.8, 4) is 0 Å². The summed E-state index contributed by atoms with van der Waals surface area (Å²) in [6.07, 6.45) is 9.09. The highest BCUT2D eigenvalue weighted by molar-refractivity contribution is 5.78. The normalized spacial score (nSPS) is 16.1. The fourth-order valence-corrected chi connectivity index (χ4v) is 3.33. The minimum absolute atomic E-state index is 0.0962. The van der Waals surface area contributed by atoms with E-state index >= 15 is 0 Å². The minimum atomic E-state index is -0.529. The second-order valence-electron chi connectivity index (χ2n) is 7.72. The molecule has 0 radical (unpaired) electrons. The first-order chi connectivity index (χ1) is 11.2. The second kappa shape index (κ2) is 7.25. The predicted molar refractivity (Wildman–Crippen MR) is 98.7 cm³/mol. The van der Waals surface area contributed by atoms with E-state index in [9.17, 15) is 4.79 Å². The average Bonchev–Trinajstić information content (AvgIpc) is 2.54. The zero-order valence-corrected chi connectivity index (χ0v) is 15.5. The van der Waals surface area contributed by atoms with Gasteiger partial charge >= 0.3 is 5.97 Å². The van der Waals surface area contributed by atoms with E-state index in [1.54, 1.807) is 0 Å². The summed E-state index contributed by atoms with van der Waals surface area (Å²) in [5, 5.41) is 0. The number of hydrogen-bond donors (Lipinski definition) is 0. The van der Waals surface area contributed by atoms with Crippen LogP contribution in [0.3, 0.4) is 0 Å². The maximum atomic E-state index is 12.6. The first-order valence-corrected chi connectivity index (χ1v) is 8.59. The highest BCUT2D eigenvalue weighted by Gasteiger charge is 2.35. The molecule has 0 N–H and O–H groups in total. The Hall–Kier alpha value is -2.03. The van der Waals surface area contributed by atoms with E-state index in [1.807, 2.05) is 57.2 Å². The molecule has 0 bridgehead atoms. The molecule has 2 rings (SSSR count). The summed E-state index contributed by atoms with van der Waals surface area (Å²) in [5.74, 6) is -0.428. The third-order valence-corrected chi connectivity index (χ3v) is 4.48. The van der Waals surface area contributed by atoms with Crippen LogP contribution in [0.4, 0.5) is 0 Å². The van der Waals surface area contributed by atoms with Crippen LogP contribution in [-0.4, -0.2) is 28.6 Å². The van der Waals surface area contributed by atoms with Crippen molar-refractivity contribution in [2.24, 2.45) is 0 Å². The highest BCUT2D eigenvalue weighted by Crippen LogP contribution is 2.31. The molecule has 0 saturated heterocycles. The Kier molecular flexibility index (Phi) is 5.53. The Bertz CT molecular complexity index is 614. The van der Waals surface area contributed by atoms with Gasteiger partial charge in [0.15, 0.2) is 0 Å². The van der Waals surface area contributed by atoms with E-state index in [1.165, 1.54) is 0 Å². The van der Waals surface area contributed by atoms with Crippen molar-refractivity contribution in [1.29, 1.82) is 0 Å². The summed E-state index contributed by atoms with van der Waals surface area (Å²) in [4.78, 5) is 14.8. The fraction of sp³-hybridized carbons (Fsp3) is 0.476. The van der Waals surface area contributed by atoms with Gasteiger partial charge in [-0.2, -0.15) is 0 Å². The van der Waals surface area contributed by atoms with Gasteiger partial charge in [-0.15, -0.1) is 0 Å². The molecule has 0 amide bonds. The number of ether oxygens (including phenoxy) is 1. The summed E-state index contributed by atoms with van der Waals surface area (Å²) in [5.41, 5.74) is 0.362. The number of carbonyl (C=O) groups excluding carboxylic acids is 1. The third-order valence-electron chi connectivity index (χ3n) is 4.48. The maximum absolute atomic E-state index is 12.6. The molecule has 0 spiro atoms. The van der Waals surface area contributed by atoms with Gasteiger partial charge in [0.05, 0.1) is 5.92 Å². The predicted octanol–water partition coefficient (Wildman–Crippen LogP) is 4.67. The van der Waals surface area contributed by atoms with Crippen LogP contribution < -0.4 is 0 Å². The number of hydrogen-bond acceptors (Lipinski definition) is 3. The summed E-state index contributed by atoms with van der Waals surface area (Å²) in [6.45, 7) is 11.1. The van der Waals surface area contributed by atoms with E-state index in [4.69, 9.17) is 4.74 Å². The molecule has 1 aliphatic heterocycles. The molecule has 24 heavy (non-hydrogen) atoms. The van der Waals surface area contributed by atoms with E-state index < -0.39 is 5.60 Å². The van der Waals surface area contributed by atoms with E-state index in [0.29, 0.717) is 0 Å². The van der Waals surface area contributed by atoms with Crippen molar-refractivity contribution in [2.45, 2.75) is 58.1 Å². The van der Waals surface area contributed by atoms with Crippen molar-refractivity contribution in [2.75, 3.05) is 6.54 Å². The topological polar surface area (TPSA) is 29.5 Å². The molecule has 1 aromatic carbocycles. The van der Waals surface area contributed by atoms with Gasteiger partial charge in [0, 0.05) is 18.5 Å². The monoisotopic (exact) mass is 327 g/mol. The van der Waals surface area contributed by atoms with Crippen molar-refractivity contribution in [1.82, 2.24) is 4.90 Å². The number of benzene rings is 1. The van der Waals surface area contributed by atoms with Gasteiger partial charge < -0.3 is 9.64 Å². The fourth-order valence-electron chi connectivity index (χ4n) is 3.33. The molecule has 1 atom stereocenters. The first-order valence-electron chi connectivity index (χ1n) is 8.59. The lowest BCUT2D eigenvalue weighted by Crippen LogP contribution is -2.47. The molecule has 0 unspecified atom stereocenters. The van der Waals surface area contributed by atoms with Gasteiger partial charge in [-0.05, 0) is 52.5 Å². The molecular formula is C21H29NO2. The number of nitrogens with zero attached hydrogens (tertiary/aromatic N) is 1. The highest BCUT2D eigenvalue weighted by atomic mass is 16.6. The zero-order valence-electron chi connectivity index (χ0n) is 15.5. The lowest BCUT2D eigenvalue weighted by atomic mass is 9.87. The van der Waals surface area contributed by atoms with Crippen molar-refractivity contribution < 1.29 is 9.53 Å². The van der Waals surface area contributed by atoms with Crippen LogP contribution in [0.5, 0.6) is 0 Å². The van der Waals surface area contributed by atoms with Gasteiger partial charge in [0.1, 0.15) is 5.60 Å². The van der Waals surface area contributed by atoms with Crippen molar-refractivity contribution in [3.05, 3.63) is 60.3 Å². The lowest BCUT2D eigenvalue weighted by Gasteiger charge is -2.43. The van der Waals surface area contributed by atoms with E-state index in [0.717, 1.165) is 18.5 Å². The molecule has 1 heterocycles. The number of rotatable bonds is 6. The molecular weight excluding hydrogens is 298 g/mol. The van der Waals surface area contributed by atoms with Crippen LogP contribution >= 0.6 is 0 Å². The third kappa shape index (κ3) is 4.73. The number of esters is 1. The second-order valence-corrected chi connectivity index (χ2v) is 7.72. The molecule has 1 aliphatic rings. The van der Waals surface area contributed by atoms with Gasteiger partial charge in [-0.1, -0.05) is 42.5 Å². The van der Waals surface area contributed by atoms with Crippen molar-refractivity contribution in [3.63, 3.8) is 0 Å². The first kappa shape index (κ1) is 18.3. The van der Waals surface area contributed by atoms with Crippen LogP contribution in [0.1, 0.15) is 52.5 Å². The average molecular weight is 327 g/mol. The van der Waals surface area contributed by atoms with Gasteiger partial charge in [-0.3, -0.25) is 4.79 Å². The summed E-state index contributed by atoms with van der Waals surface area (Å²) < 4.78 is 5.87. The number of allylic oxidation sites excluding steroid dienone is 2. The Balaban J connectivity index is 2.00. The zero-order chi connectivity index (χ0) is 17.8. The van der Waals surface area contributed by atoms with Gasteiger partial charge in [0.2, 0.25) is 0 Å². The molecule has 1 aromatic rings. The molecule has 0 fully saturated rings. The number of carbonyl (C=O) groups is 1. The van der Waals surface area contributed by atoms with E-state index in [2.05, 4.69) is 37.1 Å². The quantitative estimate of drug-likeness (QED) is 0.711. The Morgan fingerprint density at radius 2 is 1.83 bits per heavy atom. The minimum Gasteiger partial charge on any atom is -0.459 e. The smallest absolute Gasteiger partial charge is 0.313 e. The standard InChI is InChI=1S/C21H29NO2/c1-17(18-12-8-6-9-13-18)19(23)24-21(4,5)16-20(2,3)22-14-10-7-11-15-22/h6-14,17H,15-16H2,1-5H3/t17-/m0/s1. The molecule has 3 heteroatoms. The summed E-state index contributed by atoms with van der Waals surface area (Å²) in [7, 11) is 0. The molecule has 0 aromatic heterocycles. The van der Waals surface area contributed by atoms with Crippen LogP contribution in [0.15, 0.2) is 54.8 Å². The SMILES string of the molecule is C[C@H](C(=O)OC(C)(C)CC(C)(C)N1C=CC=CC1)c1ccccc1. The molecule has 0 aliphatic carbocycles. The molecule has 3 nitrogen and oxygen atoms in total. The maximum Gasteiger partial charge on any atom is 0.313 e. The lowest BCUT2D eigenvalue weighted by molar-refractivity contribution is -0.160. The van der Waals surface area contributed by atoms with Gasteiger partial charge in [0.25, 0.3) is 0 Å². The van der Waals surface area contributed by atoms with Crippen molar-refractivity contribution >= 4 is 5.97 Å². The summed E-state index contributed by atoms with van der Waals surface area (Å²) >= 11 is 0. The van der Waals surface area contributed by atoms with Crippen LogP contribution in [0.2, 0.25) is 0 Å². The molecule has 0 saturated carbocycles. The van der Waals surface area contributed by atoms with Crippen LogP contribution in [0, 0.1) is 0 Å². The van der Waals surface area contributed by atoms with Gasteiger partial charge in [-0.25, -0.2) is 0 Å².